The second kappa shape index (κ2) is 7.09. The van der Waals surface area contributed by atoms with E-state index in [0.717, 1.165) is 37.9 Å². The molecule has 1 saturated carbocycles. The van der Waals surface area contributed by atoms with Gasteiger partial charge in [-0.25, -0.2) is 0 Å². The lowest BCUT2D eigenvalue weighted by molar-refractivity contribution is -0.0342. The van der Waals surface area contributed by atoms with E-state index in [2.05, 4.69) is 18.3 Å². The average molecular weight is 277 g/mol. The highest BCUT2D eigenvalue weighted by Gasteiger charge is 2.30. The number of nitrogens with one attached hydrogen (secondary N) is 1. The highest BCUT2D eigenvalue weighted by atomic mass is 16.5. The highest BCUT2D eigenvalue weighted by molar-refractivity contribution is 5.36. The quantitative estimate of drug-likeness (QED) is 0.837. The molecule has 1 unspecified atom stereocenters. The van der Waals surface area contributed by atoms with E-state index in [1.54, 1.807) is 0 Å². The molecule has 1 aromatic rings. The summed E-state index contributed by atoms with van der Waals surface area (Å²) < 4.78 is 5.97. The monoisotopic (exact) mass is 277 g/mol. The summed E-state index contributed by atoms with van der Waals surface area (Å²) >= 11 is 0. The van der Waals surface area contributed by atoms with Crippen LogP contribution in [0.5, 0.6) is 5.75 Å². The summed E-state index contributed by atoms with van der Waals surface area (Å²) in [6.45, 7) is 2.57. The van der Waals surface area contributed by atoms with E-state index in [-0.39, 0.29) is 0 Å². The maximum Gasteiger partial charge on any atom is 0.124 e. The largest absolute Gasteiger partial charge is 0.490 e. The van der Waals surface area contributed by atoms with Crippen molar-refractivity contribution in [1.29, 1.82) is 0 Å². The van der Waals surface area contributed by atoms with Crippen molar-refractivity contribution >= 4 is 0 Å². The van der Waals surface area contributed by atoms with Crippen molar-refractivity contribution in [2.24, 2.45) is 0 Å². The fourth-order valence-electron chi connectivity index (χ4n) is 3.05. The first-order valence-electron chi connectivity index (χ1n) is 7.80. The van der Waals surface area contributed by atoms with Gasteiger partial charge in [0.25, 0.3) is 0 Å². The smallest absolute Gasteiger partial charge is 0.124 e. The Bertz CT molecular complexity index is 409. The summed E-state index contributed by atoms with van der Waals surface area (Å²) in [6.07, 6.45) is 6.18. The van der Waals surface area contributed by atoms with E-state index >= 15 is 0 Å². The fourth-order valence-corrected chi connectivity index (χ4v) is 3.05. The number of hydrogen-bond donors (Lipinski definition) is 2. The minimum absolute atomic E-state index is 0.298. The van der Waals surface area contributed by atoms with Crippen molar-refractivity contribution < 1.29 is 9.84 Å². The van der Waals surface area contributed by atoms with Crippen molar-refractivity contribution in [2.75, 3.05) is 13.7 Å². The van der Waals surface area contributed by atoms with Crippen molar-refractivity contribution in [3.05, 3.63) is 29.8 Å². The third kappa shape index (κ3) is 3.74. The normalized spacial score (nSPS) is 19.6. The summed E-state index contributed by atoms with van der Waals surface area (Å²) in [5, 5.41) is 13.8. The lowest BCUT2D eigenvalue weighted by Gasteiger charge is -2.32. The van der Waals surface area contributed by atoms with Gasteiger partial charge in [-0.1, -0.05) is 44.4 Å². The molecule has 1 fully saturated rings. The number of para-hydroxylation sites is 1. The molecular weight excluding hydrogens is 250 g/mol. The Kier molecular flexibility index (Phi) is 5.44. The van der Waals surface area contributed by atoms with Crippen LogP contribution >= 0.6 is 0 Å². The van der Waals surface area contributed by atoms with Crippen LogP contribution in [0.15, 0.2) is 24.3 Å². The molecule has 0 aromatic heterocycles. The molecule has 0 spiro atoms. The van der Waals surface area contributed by atoms with Crippen molar-refractivity contribution in [1.82, 2.24) is 5.32 Å². The van der Waals surface area contributed by atoms with Crippen LogP contribution in [0.25, 0.3) is 0 Å². The zero-order chi connectivity index (χ0) is 14.4. The number of aliphatic hydroxyl groups is 1. The second-order valence-corrected chi connectivity index (χ2v) is 5.86. The van der Waals surface area contributed by atoms with Crippen LogP contribution in [0.4, 0.5) is 0 Å². The zero-order valence-electron chi connectivity index (χ0n) is 12.7. The molecule has 1 atom stereocenters. The van der Waals surface area contributed by atoms with Crippen LogP contribution in [-0.2, 0) is 0 Å². The Labute approximate surface area is 122 Å². The highest BCUT2D eigenvalue weighted by Crippen LogP contribution is 2.31. The molecule has 0 amide bonds. The molecule has 1 aromatic carbocycles. The molecule has 20 heavy (non-hydrogen) atoms. The molecule has 1 aliphatic carbocycles. The van der Waals surface area contributed by atoms with Crippen molar-refractivity contribution in [3.63, 3.8) is 0 Å². The molecule has 1 aliphatic rings. The van der Waals surface area contributed by atoms with Crippen LogP contribution in [0.3, 0.4) is 0 Å². The predicted molar refractivity (Wildman–Crippen MR) is 82.1 cm³/mol. The van der Waals surface area contributed by atoms with Gasteiger partial charge in [-0.15, -0.1) is 0 Å². The molecule has 2 rings (SSSR count). The van der Waals surface area contributed by atoms with Crippen LogP contribution in [-0.4, -0.2) is 24.4 Å². The summed E-state index contributed by atoms with van der Waals surface area (Å²) in [4.78, 5) is 0. The first kappa shape index (κ1) is 15.3. The minimum Gasteiger partial charge on any atom is -0.490 e. The Balaban J connectivity index is 2.05. The summed E-state index contributed by atoms with van der Waals surface area (Å²) in [5.41, 5.74) is 0.545. The van der Waals surface area contributed by atoms with E-state index in [4.69, 9.17) is 4.74 Å². The van der Waals surface area contributed by atoms with Gasteiger partial charge in [0, 0.05) is 11.6 Å². The summed E-state index contributed by atoms with van der Waals surface area (Å²) in [5.74, 6) is 0.896. The number of hydrogen-bond acceptors (Lipinski definition) is 3. The third-order valence-corrected chi connectivity index (χ3v) is 4.33. The Morgan fingerprint density at radius 3 is 2.60 bits per heavy atom. The predicted octanol–water partition coefficient (Wildman–Crippen LogP) is 3.43. The SMILES string of the molecule is CCC(NC)c1ccccc1OCC1(O)CCCCC1. The lowest BCUT2D eigenvalue weighted by atomic mass is 9.85. The Hall–Kier alpha value is -1.06. The zero-order valence-corrected chi connectivity index (χ0v) is 12.7. The Morgan fingerprint density at radius 2 is 1.95 bits per heavy atom. The Morgan fingerprint density at radius 1 is 1.25 bits per heavy atom. The van der Waals surface area contributed by atoms with Crippen molar-refractivity contribution in [3.8, 4) is 5.75 Å². The van der Waals surface area contributed by atoms with E-state index in [0.29, 0.717) is 12.6 Å². The molecule has 0 aliphatic heterocycles. The van der Waals surface area contributed by atoms with E-state index in [9.17, 15) is 5.11 Å². The number of rotatable bonds is 6. The molecule has 3 nitrogen and oxygen atoms in total. The van der Waals surface area contributed by atoms with E-state index < -0.39 is 5.60 Å². The first-order valence-corrected chi connectivity index (χ1v) is 7.80. The molecule has 0 saturated heterocycles. The van der Waals surface area contributed by atoms with Gasteiger partial charge in [-0.05, 0) is 32.4 Å². The van der Waals surface area contributed by atoms with Gasteiger partial charge in [-0.2, -0.15) is 0 Å². The first-order chi connectivity index (χ1) is 9.68. The van der Waals surface area contributed by atoms with Crippen LogP contribution < -0.4 is 10.1 Å². The van der Waals surface area contributed by atoms with Crippen molar-refractivity contribution in [2.45, 2.75) is 57.1 Å². The van der Waals surface area contributed by atoms with Crippen LogP contribution in [0.1, 0.15) is 57.1 Å². The maximum absolute atomic E-state index is 10.5. The molecule has 3 heteroatoms. The van der Waals surface area contributed by atoms with E-state index in [1.165, 1.54) is 12.0 Å². The molecular formula is C17H27NO2. The lowest BCUT2D eigenvalue weighted by Crippen LogP contribution is -2.38. The van der Waals surface area contributed by atoms with Gasteiger partial charge in [0.05, 0.1) is 5.60 Å². The number of benzene rings is 1. The van der Waals surface area contributed by atoms with Gasteiger partial charge in [0.1, 0.15) is 12.4 Å². The molecule has 0 heterocycles. The fraction of sp³-hybridized carbons (Fsp3) is 0.647. The molecule has 2 N–H and O–H groups in total. The van der Waals surface area contributed by atoms with Crippen LogP contribution in [0, 0.1) is 0 Å². The van der Waals surface area contributed by atoms with Gasteiger partial charge in [0.2, 0.25) is 0 Å². The topological polar surface area (TPSA) is 41.5 Å². The summed E-state index contributed by atoms with van der Waals surface area (Å²) in [7, 11) is 1.97. The third-order valence-electron chi connectivity index (χ3n) is 4.33. The van der Waals surface area contributed by atoms with Crippen LogP contribution in [0.2, 0.25) is 0 Å². The molecule has 0 bridgehead atoms. The van der Waals surface area contributed by atoms with Gasteiger partial charge < -0.3 is 15.2 Å². The second-order valence-electron chi connectivity index (χ2n) is 5.86. The maximum atomic E-state index is 10.5. The average Bonchev–Trinajstić information content (AvgIpc) is 2.48. The van der Waals surface area contributed by atoms with Gasteiger partial charge in [0.15, 0.2) is 0 Å². The summed E-state index contributed by atoms with van der Waals surface area (Å²) in [6, 6.07) is 8.43. The minimum atomic E-state index is -0.632. The van der Waals surface area contributed by atoms with E-state index in [1.807, 2.05) is 25.2 Å². The molecule has 112 valence electrons. The van der Waals surface area contributed by atoms with Gasteiger partial charge >= 0.3 is 0 Å². The molecule has 0 radical (unpaired) electrons. The number of ether oxygens (including phenoxy) is 1. The standard InChI is InChI=1S/C17H27NO2/c1-3-15(18-2)14-9-5-6-10-16(14)20-13-17(19)11-7-4-8-12-17/h5-6,9-10,15,18-19H,3-4,7-8,11-13H2,1-2H3. The van der Waals surface area contributed by atoms with Gasteiger partial charge in [-0.3, -0.25) is 0 Å².